The van der Waals surface area contributed by atoms with Gasteiger partial charge in [0.05, 0.1) is 12.7 Å². The molecule has 0 spiro atoms. The molecule has 1 aliphatic rings. The lowest BCUT2D eigenvalue weighted by molar-refractivity contribution is 0.0140. The van der Waals surface area contributed by atoms with E-state index in [-0.39, 0.29) is 6.10 Å². The van der Waals surface area contributed by atoms with Gasteiger partial charge in [0, 0.05) is 0 Å². The average Bonchev–Trinajstić information content (AvgIpc) is 2.59. The summed E-state index contributed by atoms with van der Waals surface area (Å²) in [5, 5.41) is 0. The van der Waals surface area contributed by atoms with Crippen LogP contribution in [-0.4, -0.2) is 17.6 Å². The van der Waals surface area contributed by atoms with E-state index < -0.39 is 7.82 Å². The van der Waals surface area contributed by atoms with Gasteiger partial charge in [-0.25, -0.2) is 4.57 Å². The molecular weight excluding hydrogens is 359 g/mol. The third-order valence-electron chi connectivity index (χ3n) is 5.98. The lowest BCUT2D eigenvalue weighted by Gasteiger charge is -2.37. The van der Waals surface area contributed by atoms with E-state index in [1.54, 1.807) is 0 Å². The highest BCUT2D eigenvalue weighted by atomic mass is 31.2. The molecule has 0 heterocycles. The summed E-state index contributed by atoms with van der Waals surface area (Å²) in [4.78, 5) is 10.1. The molecule has 27 heavy (non-hydrogen) atoms. The van der Waals surface area contributed by atoms with Gasteiger partial charge in [0.2, 0.25) is 0 Å². The Bertz CT molecular complexity index is 413. The van der Waals surface area contributed by atoms with Crippen LogP contribution in [0.4, 0.5) is 0 Å². The Kier molecular flexibility index (Phi) is 13.2. The lowest BCUT2D eigenvalue weighted by Crippen LogP contribution is -2.33. The molecular formula is C22H45O4P. The minimum Gasteiger partial charge on any atom is -0.302 e. The second-order valence-corrected chi connectivity index (χ2v) is 10.4. The molecule has 1 fully saturated rings. The standard InChI is InChI=1S/C22H45O4P/c1-5-6-7-8-9-10-11-12-13-14-17-25-27(23,24)26-22-18-20(4)15-16-21(22)19(2)3/h19-22H,5-18H2,1-4H3,(H,23,24). The van der Waals surface area contributed by atoms with E-state index in [1.165, 1.54) is 57.8 Å². The van der Waals surface area contributed by atoms with E-state index in [9.17, 15) is 9.46 Å². The molecule has 0 radical (unpaired) electrons. The Morgan fingerprint density at radius 2 is 1.52 bits per heavy atom. The van der Waals surface area contributed by atoms with Crippen molar-refractivity contribution in [3.8, 4) is 0 Å². The van der Waals surface area contributed by atoms with Crippen LogP contribution in [-0.2, 0) is 13.6 Å². The predicted molar refractivity (Wildman–Crippen MR) is 114 cm³/mol. The van der Waals surface area contributed by atoms with Gasteiger partial charge >= 0.3 is 7.82 Å². The first-order valence-corrected chi connectivity index (χ1v) is 13.0. The molecule has 0 aromatic rings. The van der Waals surface area contributed by atoms with Crippen LogP contribution >= 0.6 is 7.82 Å². The highest BCUT2D eigenvalue weighted by molar-refractivity contribution is 7.47. The fourth-order valence-corrected chi connectivity index (χ4v) is 5.21. The normalized spacial score (nSPS) is 25.6. The van der Waals surface area contributed by atoms with Crippen molar-refractivity contribution >= 4 is 7.82 Å². The van der Waals surface area contributed by atoms with Crippen molar-refractivity contribution in [3.63, 3.8) is 0 Å². The largest absolute Gasteiger partial charge is 0.472 e. The van der Waals surface area contributed by atoms with Crippen molar-refractivity contribution in [2.75, 3.05) is 6.61 Å². The molecule has 1 rings (SSSR count). The fraction of sp³-hybridized carbons (Fsp3) is 1.00. The van der Waals surface area contributed by atoms with E-state index in [1.807, 2.05) is 0 Å². The third-order valence-corrected chi connectivity index (χ3v) is 7.03. The highest BCUT2D eigenvalue weighted by Gasteiger charge is 2.36. The number of phosphoric acid groups is 1. The first-order valence-electron chi connectivity index (χ1n) is 11.5. The smallest absolute Gasteiger partial charge is 0.302 e. The molecule has 4 unspecified atom stereocenters. The number of hydrogen-bond donors (Lipinski definition) is 1. The molecule has 1 saturated carbocycles. The predicted octanol–water partition coefficient (Wildman–Crippen LogP) is 7.50. The molecule has 0 saturated heterocycles. The average molecular weight is 405 g/mol. The SMILES string of the molecule is CCCCCCCCCCCCOP(=O)(O)OC1CC(C)CCC1C(C)C. The molecule has 1 aliphatic carbocycles. The highest BCUT2D eigenvalue weighted by Crippen LogP contribution is 2.49. The zero-order chi connectivity index (χ0) is 20.1. The maximum atomic E-state index is 12.3. The summed E-state index contributed by atoms with van der Waals surface area (Å²) in [6.45, 7) is 9.10. The topological polar surface area (TPSA) is 55.8 Å². The van der Waals surface area contributed by atoms with Gasteiger partial charge in [-0.15, -0.1) is 0 Å². The maximum absolute atomic E-state index is 12.3. The molecule has 0 amide bonds. The van der Waals surface area contributed by atoms with Gasteiger partial charge in [0.25, 0.3) is 0 Å². The van der Waals surface area contributed by atoms with Gasteiger partial charge in [-0.05, 0) is 37.0 Å². The quantitative estimate of drug-likeness (QED) is 0.227. The van der Waals surface area contributed by atoms with Crippen molar-refractivity contribution in [1.29, 1.82) is 0 Å². The minimum atomic E-state index is -3.94. The number of unbranched alkanes of at least 4 members (excludes halogenated alkanes) is 9. The van der Waals surface area contributed by atoms with Crippen LogP contribution < -0.4 is 0 Å². The minimum absolute atomic E-state index is 0.155. The molecule has 1 N–H and O–H groups in total. The monoisotopic (exact) mass is 404 g/mol. The van der Waals surface area contributed by atoms with Crippen LogP contribution in [0, 0.1) is 17.8 Å². The molecule has 0 aliphatic heterocycles. The Labute approximate surface area is 168 Å². The van der Waals surface area contributed by atoms with Crippen LogP contribution in [0.25, 0.3) is 0 Å². The van der Waals surface area contributed by atoms with Gasteiger partial charge in [-0.2, -0.15) is 0 Å². The summed E-state index contributed by atoms with van der Waals surface area (Å²) < 4.78 is 23.2. The summed E-state index contributed by atoms with van der Waals surface area (Å²) in [7, 11) is -3.94. The van der Waals surface area contributed by atoms with Gasteiger partial charge < -0.3 is 4.89 Å². The Hall–Kier alpha value is 0.110. The second kappa shape index (κ2) is 14.1. The lowest BCUT2D eigenvalue weighted by atomic mass is 9.75. The summed E-state index contributed by atoms with van der Waals surface area (Å²) >= 11 is 0. The van der Waals surface area contributed by atoms with Crippen molar-refractivity contribution in [1.82, 2.24) is 0 Å². The van der Waals surface area contributed by atoms with E-state index in [2.05, 4.69) is 27.7 Å². The third kappa shape index (κ3) is 11.6. The van der Waals surface area contributed by atoms with E-state index in [0.29, 0.717) is 24.4 Å². The molecule has 0 bridgehead atoms. The number of hydrogen-bond acceptors (Lipinski definition) is 3. The number of rotatable bonds is 15. The Balaban J connectivity index is 2.13. The van der Waals surface area contributed by atoms with Crippen LogP contribution in [0.15, 0.2) is 0 Å². The summed E-state index contributed by atoms with van der Waals surface area (Å²) in [6, 6.07) is 0. The molecule has 0 aromatic carbocycles. The fourth-order valence-electron chi connectivity index (χ4n) is 4.21. The van der Waals surface area contributed by atoms with Crippen LogP contribution in [0.5, 0.6) is 0 Å². The summed E-state index contributed by atoms with van der Waals surface area (Å²) in [5.74, 6) is 1.36. The first-order chi connectivity index (χ1) is 12.9. The zero-order valence-electron chi connectivity index (χ0n) is 18.3. The van der Waals surface area contributed by atoms with Gasteiger partial charge in [-0.1, -0.05) is 91.9 Å². The molecule has 162 valence electrons. The van der Waals surface area contributed by atoms with E-state index in [4.69, 9.17) is 9.05 Å². The van der Waals surface area contributed by atoms with Crippen LogP contribution in [0.2, 0.25) is 0 Å². The van der Waals surface area contributed by atoms with E-state index >= 15 is 0 Å². The first kappa shape index (κ1) is 25.1. The number of phosphoric ester groups is 1. The summed E-state index contributed by atoms with van der Waals surface area (Å²) in [5.41, 5.74) is 0. The molecule has 4 nitrogen and oxygen atoms in total. The van der Waals surface area contributed by atoms with Gasteiger partial charge in [-0.3, -0.25) is 9.05 Å². The van der Waals surface area contributed by atoms with Crippen molar-refractivity contribution < 1.29 is 18.5 Å². The van der Waals surface area contributed by atoms with E-state index in [0.717, 1.165) is 25.7 Å². The summed E-state index contributed by atoms with van der Waals surface area (Å²) in [6.07, 6.45) is 15.3. The van der Waals surface area contributed by atoms with Crippen molar-refractivity contribution in [2.24, 2.45) is 17.8 Å². The molecule has 0 aromatic heterocycles. The van der Waals surface area contributed by atoms with Gasteiger partial charge in [0.1, 0.15) is 0 Å². The molecule has 5 heteroatoms. The van der Waals surface area contributed by atoms with Crippen LogP contribution in [0.1, 0.15) is 111 Å². The Morgan fingerprint density at radius 1 is 0.963 bits per heavy atom. The maximum Gasteiger partial charge on any atom is 0.472 e. The molecule has 4 atom stereocenters. The van der Waals surface area contributed by atoms with Gasteiger partial charge in [0.15, 0.2) is 0 Å². The van der Waals surface area contributed by atoms with Crippen molar-refractivity contribution in [3.05, 3.63) is 0 Å². The Morgan fingerprint density at radius 3 is 2.07 bits per heavy atom. The zero-order valence-corrected chi connectivity index (χ0v) is 19.2. The second-order valence-electron chi connectivity index (χ2n) is 8.95. The van der Waals surface area contributed by atoms with Crippen LogP contribution in [0.3, 0.4) is 0 Å². The van der Waals surface area contributed by atoms with Crippen molar-refractivity contribution in [2.45, 2.75) is 117 Å².